The van der Waals surface area contributed by atoms with Crippen molar-refractivity contribution in [3.05, 3.63) is 0 Å². The lowest BCUT2D eigenvalue weighted by molar-refractivity contribution is 0.134. The minimum Gasteiger partial charge on any atom is -0.381 e. The molecule has 1 aliphatic rings. The van der Waals surface area contributed by atoms with Gasteiger partial charge in [0.05, 0.1) is 11.9 Å². The summed E-state index contributed by atoms with van der Waals surface area (Å²) >= 11 is 0. The molecule has 0 radical (unpaired) electrons. The highest BCUT2D eigenvalue weighted by atomic mass is 32.2. The number of sulfonamides is 1. The van der Waals surface area contributed by atoms with Gasteiger partial charge in [0.1, 0.15) is 0 Å². The number of nitrogens with zero attached hydrogens (tertiary/aromatic N) is 1. The summed E-state index contributed by atoms with van der Waals surface area (Å²) in [6, 6.07) is 0.0350. The molecule has 0 aliphatic carbocycles. The summed E-state index contributed by atoms with van der Waals surface area (Å²) in [6.07, 6.45) is -0.253. The molecule has 1 N–H and O–H groups in total. The molecule has 90 valence electrons. The highest BCUT2D eigenvalue weighted by Gasteiger charge is 2.30. The van der Waals surface area contributed by atoms with Gasteiger partial charge in [-0.2, -0.15) is 4.31 Å². The normalized spacial score (nSPS) is 26.5. The van der Waals surface area contributed by atoms with Gasteiger partial charge in [-0.25, -0.2) is 8.42 Å². The Balaban J connectivity index is 2.67. The molecule has 0 spiro atoms. The smallest absolute Gasteiger partial charge is 0.216 e. The Morgan fingerprint density at radius 2 is 2.27 bits per heavy atom. The fourth-order valence-electron chi connectivity index (χ4n) is 1.70. The Bertz CT molecular complexity index is 292. The lowest BCUT2D eigenvalue weighted by Gasteiger charge is -2.33. The first-order chi connectivity index (χ1) is 6.97. The molecule has 1 saturated heterocycles. The minimum absolute atomic E-state index is 0.0350. The van der Waals surface area contributed by atoms with Crippen LogP contribution in [-0.4, -0.2) is 57.4 Å². The quantitative estimate of drug-likeness (QED) is 0.724. The van der Waals surface area contributed by atoms with E-state index in [9.17, 15) is 8.42 Å². The topological polar surface area (TPSA) is 58.6 Å². The summed E-state index contributed by atoms with van der Waals surface area (Å²) in [5.41, 5.74) is 0. The second-order valence-corrected chi connectivity index (χ2v) is 5.95. The van der Waals surface area contributed by atoms with E-state index in [1.807, 2.05) is 6.92 Å². The van der Waals surface area contributed by atoms with E-state index in [-0.39, 0.29) is 17.9 Å². The summed E-state index contributed by atoms with van der Waals surface area (Å²) in [4.78, 5) is 0. The molecule has 0 aromatic carbocycles. The van der Waals surface area contributed by atoms with Crippen LogP contribution in [0.4, 0.5) is 0 Å². The number of ether oxygens (including phenoxy) is 1. The zero-order chi connectivity index (χ0) is 11.5. The van der Waals surface area contributed by atoms with Crippen LogP contribution in [0.2, 0.25) is 0 Å². The highest BCUT2D eigenvalue weighted by Crippen LogP contribution is 2.11. The van der Waals surface area contributed by atoms with Gasteiger partial charge in [-0.15, -0.1) is 0 Å². The number of piperazine rings is 1. The zero-order valence-corrected chi connectivity index (χ0v) is 10.4. The predicted octanol–water partition coefficient (Wildman–Crippen LogP) is -0.355. The summed E-state index contributed by atoms with van der Waals surface area (Å²) < 4.78 is 30.5. The molecule has 5 nitrogen and oxygen atoms in total. The minimum atomic E-state index is -3.18. The van der Waals surface area contributed by atoms with Crippen LogP contribution in [0.1, 0.15) is 13.8 Å². The van der Waals surface area contributed by atoms with Crippen LogP contribution in [0.5, 0.6) is 0 Å². The zero-order valence-electron chi connectivity index (χ0n) is 9.56. The Morgan fingerprint density at radius 1 is 1.60 bits per heavy atom. The molecule has 15 heavy (non-hydrogen) atoms. The average molecular weight is 236 g/mol. The van der Waals surface area contributed by atoms with E-state index >= 15 is 0 Å². The number of nitrogens with one attached hydrogen (secondary N) is 1. The number of hydrogen-bond acceptors (Lipinski definition) is 4. The fraction of sp³-hybridized carbons (Fsp3) is 1.00. The van der Waals surface area contributed by atoms with Crippen LogP contribution in [0.15, 0.2) is 0 Å². The number of rotatable bonds is 4. The van der Waals surface area contributed by atoms with Crippen molar-refractivity contribution in [1.82, 2.24) is 9.62 Å². The summed E-state index contributed by atoms with van der Waals surface area (Å²) in [5.74, 6) is 0.0633. The lowest BCUT2D eigenvalue weighted by atomic mass is 10.3. The second kappa shape index (κ2) is 5.25. The summed E-state index contributed by atoms with van der Waals surface area (Å²) in [5, 5.41) is 3.17. The maximum atomic E-state index is 12.0. The van der Waals surface area contributed by atoms with Crippen LogP contribution >= 0.6 is 0 Å². The molecule has 2 unspecified atom stereocenters. The van der Waals surface area contributed by atoms with E-state index in [4.69, 9.17) is 4.74 Å². The third kappa shape index (κ3) is 3.41. The molecular formula is C9H20N2O3S. The van der Waals surface area contributed by atoms with Crippen LogP contribution in [0.25, 0.3) is 0 Å². The molecule has 2 atom stereocenters. The van der Waals surface area contributed by atoms with Crippen molar-refractivity contribution in [3.63, 3.8) is 0 Å². The molecule has 1 rings (SSSR count). The van der Waals surface area contributed by atoms with Gasteiger partial charge in [0, 0.05) is 32.8 Å². The Kier molecular flexibility index (Phi) is 4.51. The Morgan fingerprint density at radius 3 is 2.80 bits per heavy atom. The molecule has 1 fully saturated rings. The van der Waals surface area contributed by atoms with Crippen molar-refractivity contribution in [1.29, 1.82) is 0 Å². The van der Waals surface area contributed by atoms with Crippen LogP contribution in [0.3, 0.4) is 0 Å². The standard InChI is InChI=1S/C9H20N2O3S/c1-8-6-10-4-5-11(8)15(12,13)7-9(2)14-3/h8-10H,4-7H2,1-3H3. The van der Waals surface area contributed by atoms with Gasteiger partial charge in [0.25, 0.3) is 0 Å². The van der Waals surface area contributed by atoms with Gasteiger partial charge in [0.2, 0.25) is 10.0 Å². The molecule has 0 bridgehead atoms. The van der Waals surface area contributed by atoms with Crippen molar-refractivity contribution in [2.45, 2.75) is 26.0 Å². The van der Waals surface area contributed by atoms with E-state index in [1.54, 1.807) is 11.2 Å². The van der Waals surface area contributed by atoms with Crippen molar-refractivity contribution in [2.24, 2.45) is 0 Å². The largest absolute Gasteiger partial charge is 0.381 e. The van der Waals surface area contributed by atoms with Gasteiger partial charge < -0.3 is 10.1 Å². The third-order valence-electron chi connectivity index (χ3n) is 2.65. The van der Waals surface area contributed by atoms with Gasteiger partial charge in [-0.3, -0.25) is 0 Å². The SMILES string of the molecule is COC(C)CS(=O)(=O)N1CCNCC1C. The molecule has 0 saturated carbocycles. The van der Waals surface area contributed by atoms with Gasteiger partial charge in [-0.05, 0) is 13.8 Å². The first kappa shape index (κ1) is 12.9. The van der Waals surface area contributed by atoms with Crippen molar-refractivity contribution < 1.29 is 13.2 Å². The lowest BCUT2D eigenvalue weighted by Crippen LogP contribution is -2.53. The van der Waals surface area contributed by atoms with E-state index in [1.165, 1.54) is 7.11 Å². The Hall–Kier alpha value is -0.170. The van der Waals surface area contributed by atoms with E-state index < -0.39 is 10.0 Å². The van der Waals surface area contributed by atoms with Gasteiger partial charge >= 0.3 is 0 Å². The van der Waals surface area contributed by atoms with Crippen LogP contribution in [-0.2, 0) is 14.8 Å². The number of methoxy groups -OCH3 is 1. The first-order valence-electron chi connectivity index (χ1n) is 5.20. The summed E-state index contributed by atoms with van der Waals surface area (Å²) in [7, 11) is -1.65. The third-order valence-corrected chi connectivity index (χ3v) is 4.79. The molecule has 0 aromatic rings. The van der Waals surface area contributed by atoms with Crippen molar-refractivity contribution in [3.8, 4) is 0 Å². The average Bonchev–Trinajstić information content (AvgIpc) is 2.17. The summed E-state index contributed by atoms with van der Waals surface area (Å²) in [6.45, 7) is 5.69. The first-order valence-corrected chi connectivity index (χ1v) is 6.81. The maximum Gasteiger partial charge on any atom is 0.216 e. The molecule has 6 heteroatoms. The highest BCUT2D eigenvalue weighted by molar-refractivity contribution is 7.89. The molecule has 0 aromatic heterocycles. The van der Waals surface area contributed by atoms with Crippen molar-refractivity contribution in [2.75, 3.05) is 32.5 Å². The fourth-order valence-corrected chi connectivity index (χ4v) is 3.61. The van der Waals surface area contributed by atoms with Crippen LogP contribution < -0.4 is 5.32 Å². The van der Waals surface area contributed by atoms with Crippen LogP contribution in [0, 0.1) is 0 Å². The van der Waals surface area contributed by atoms with Gasteiger partial charge in [0.15, 0.2) is 0 Å². The van der Waals surface area contributed by atoms with Gasteiger partial charge in [-0.1, -0.05) is 0 Å². The van der Waals surface area contributed by atoms with E-state index in [0.29, 0.717) is 6.54 Å². The predicted molar refractivity (Wildman–Crippen MR) is 59.3 cm³/mol. The Labute approximate surface area is 91.8 Å². The molecule has 1 aliphatic heterocycles. The molecular weight excluding hydrogens is 216 g/mol. The number of hydrogen-bond donors (Lipinski definition) is 1. The molecule has 1 heterocycles. The van der Waals surface area contributed by atoms with Crippen molar-refractivity contribution >= 4 is 10.0 Å². The molecule has 0 amide bonds. The monoisotopic (exact) mass is 236 g/mol. The maximum absolute atomic E-state index is 12.0. The second-order valence-electron chi connectivity index (χ2n) is 3.99. The van der Waals surface area contributed by atoms with E-state index in [0.717, 1.165) is 13.1 Å². The van der Waals surface area contributed by atoms with E-state index in [2.05, 4.69) is 5.32 Å².